The highest BCUT2D eigenvalue weighted by Crippen LogP contribution is 2.59. The molecule has 4 rings (SSSR count). The lowest BCUT2D eigenvalue weighted by atomic mass is 9.87. The number of nitrogens with zero attached hydrogens (tertiary/aromatic N) is 1. The second kappa shape index (κ2) is 12.5. The number of fused-ring (bicyclic) bond motifs is 1. The van der Waals surface area contributed by atoms with Crippen molar-refractivity contribution in [3.05, 3.63) is 51.7 Å². The summed E-state index contributed by atoms with van der Waals surface area (Å²) in [5.74, 6) is -0.290. The van der Waals surface area contributed by atoms with E-state index >= 15 is 0 Å². The monoisotopic (exact) mass is 597 g/mol. The summed E-state index contributed by atoms with van der Waals surface area (Å²) in [5, 5.41) is 25.8. The van der Waals surface area contributed by atoms with E-state index in [0.29, 0.717) is 25.0 Å². The van der Waals surface area contributed by atoms with Crippen LogP contribution in [0, 0.1) is 10.8 Å². The maximum atomic E-state index is 13.1. The Hall–Kier alpha value is -3.93. The maximum Gasteiger partial charge on any atom is 0.410 e. The van der Waals surface area contributed by atoms with Crippen molar-refractivity contribution in [1.82, 2.24) is 20.9 Å². The van der Waals surface area contributed by atoms with Crippen molar-refractivity contribution in [2.45, 2.75) is 77.4 Å². The first-order chi connectivity index (χ1) is 19.8. The Kier molecular flexibility index (Phi) is 9.24. The van der Waals surface area contributed by atoms with Gasteiger partial charge in [-0.2, -0.15) is 0 Å². The van der Waals surface area contributed by atoms with Crippen molar-refractivity contribution < 1.29 is 29.0 Å². The van der Waals surface area contributed by atoms with Crippen molar-refractivity contribution >= 4 is 41.0 Å². The molecule has 12 heteroatoms. The molecule has 2 aromatic rings. The highest BCUT2D eigenvalue weighted by Gasteiger charge is 2.64. The number of hydrogen-bond donors (Lipinski definition) is 5. The Labute approximate surface area is 249 Å². The number of piperidine rings is 1. The standard InChI is InChI=1S/C30H39N5O6S/c1-29(2,3)19-7-9-20(10-8-19)41-11-5-6-24(36)32-16-25(37)35-22(13-30(4)14-23(30)35)27(38)33-15-21-12-18(17-42-21)26(31)34-28(39)40/h7-10,12,17,22-23H,5-6,11,13-16H2,1-4H3,(H2,31,34)(H,32,36)(H,33,38)(H,39,40)/t22-,23-,30+/m0/s1. The summed E-state index contributed by atoms with van der Waals surface area (Å²) >= 11 is 1.30. The van der Waals surface area contributed by atoms with Gasteiger partial charge in [0, 0.05) is 28.3 Å². The van der Waals surface area contributed by atoms with E-state index in [1.54, 1.807) is 16.3 Å². The number of rotatable bonds is 11. The van der Waals surface area contributed by atoms with Crippen molar-refractivity contribution in [2.24, 2.45) is 5.41 Å². The van der Waals surface area contributed by atoms with Crippen LogP contribution in [0.4, 0.5) is 4.79 Å². The largest absolute Gasteiger partial charge is 0.494 e. The topological polar surface area (TPSA) is 161 Å². The maximum absolute atomic E-state index is 13.1. The number of likely N-dealkylation sites (tertiary alicyclic amines) is 1. The van der Waals surface area contributed by atoms with Gasteiger partial charge in [-0.05, 0) is 53.9 Å². The molecule has 1 saturated heterocycles. The SMILES string of the molecule is CC(C)(C)c1ccc(OCCCC(=O)NCC(=O)N2[C@H]3C[C@@]3(C)C[C@H]2C(=O)NCc2cc(C(=N)NC(=O)O)cs2)cc1. The molecule has 4 amide bonds. The third-order valence-corrected chi connectivity index (χ3v) is 8.75. The van der Waals surface area contributed by atoms with E-state index in [2.05, 4.69) is 38.3 Å². The molecule has 5 N–H and O–H groups in total. The fraction of sp³-hybridized carbons (Fsp3) is 0.500. The summed E-state index contributed by atoms with van der Waals surface area (Å²) in [6, 6.07) is 8.93. The molecule has 3 atom stereocenters. The average Bonchev–Trinajstić information content (AvgIpc) is 3.24. The number of nitrogens with one attached hydrogen (secondary N) is 4. The van der Waals surface area contributed by atoms with Gasteiger partial charge in [0.25, 0.3) is 0 Å². The van der Waals surface area contributed by atoms with E-state index in [1.807, 2.05) is 29.6 Å². The summed E-state index contributed by atoms with van der Waals surface area (Å²) in [4.78, 5) is 51.7. The van der Waals surface area contributed by atoms with Crippen LogP contribution in [-0.4, -0.2) is 64.9 Å². The van der Waals surface area contributed by atoms with E-state index in [0.717, 1.165) is 17.0 Å². The summed E-state index contributed by atoms with van der Waals surface area (Å²) in [5.41, 5.74) is 1.59. The molecule has 226 valence electrons. The Bertz CT molecular complexity index is 1350. The van der Waals surface area contributed by atoms with Gasteiger partial charge in [0.1, 0.15) is 17.6 Å². The average molecular weight is 598 g/mol. The number of thiophene rings is 1. The fourth-order valence-electron chi connectivity index (χ4n) is 5.26. The molecule has 0 bridgehead atoms. The smallest absolute Gasteiger partial charge is 0.410 e. The van der Waals surface area contributed by atoms with Gasteiger partial charge in [-0.3, -0.25) is 25.1 Å². The molecule has 0 radical (unpaired) electrons. The quantitative estimate of drug-likeness (QED) is 0.151. The Morgan fingerprint density at radius 2 is 1.86 bits per heavy atom. The molecule has 0 spiro atoms. The number of ether oxygens (including phenoxy) is 1. The number of benzene rings is 1. The number of amides is 4. The van der Waals surface area contributed by atoms with Gasteiger partial charge in [0.2, 0.25) is 17.7 Å². The molecule has 1 aliphatic heterocycles. The molecule has 42 heavy (non-hydrogen) atoms. The molecule has 1 saturated carbocycles. The van der Waals surface area contributed by atoms with E-state index in [1.165, 1.54) is 16.9 Å². The minimum Gasteiger partial charge on any atom is -0.494 e. The minimum absolute atomic E-state index is 0.0216. The van der Waals surface area contributed by atoms with Gasteiger partial charge in [0.05, 0.1) is 19.7 Å². The van der Waals surface area contributed by atoms with Crippen LogP contribution < -0.4 is 20.7 Å². The van der Waals surface area contributed by atoms with E-state index in [9.17, 15) is 19.2 Å². The second-order valence-corrected chi connectivity index (χ2v) is 13.2. The number of carboxylic acid groups (broad SMARTS) is 1. The van der Waals surface area contributed by atoms with Gasteiger partial charge in [-0.1, -0.05) is 39.8 Å². The van der Waals surface area contributed by atoms with Gasteiger partial charge in [-0.25, -0.2) is 4.79 Å². The fourth-order valence-corrected chi connectivity index (χ4v) is 6.08. The van der Waals surface area contributed by atoms with E-state index < -0.39 is 12.1 Å². The zero-order valence-electron chi connectivity index (χ0n) is 24.4. The van der Waals surface area contributed by atoms with Crippen LogP contribution in [-0.2, 0) is 26.3 Å². The van der Waals surface area contributed by atoms with Gasteiger partial charge in [0.15, 0.2) is 0 Å². The van der Waals surface area contributed by atoms with Crippen LogP contribution in [0.15, 0.2) is 35.7 Å². The highest BCUT2D eigenvalue weighted by molar-refractivity contribution is 7.10. The van der Waals surface area contributed by atoms with Gasteiger partial charge >= 0.3 is 6.09 Å². The van der Waals surface area contributed by atoms with Gasteiger partial charge in [-0.15, -0.1) is 11.3 Å². The third-order valence-electron chi connectivity index (χ3n) is 7.81. The zero-order chi connectivity index (χ0) is 30.7. The molecule has 1 aromatic carbocycles. The first-order valence-corrected chi connectivity index (χ1v) is 14.9. The zero-order valence-corrected chi connectivity index (χ0v) is 25.2. The van der Waals surface area contributed by atoms with Crippen LogP contribution in [0.3, 0.4) is 0 Å². The van der Waals surface area contributed by atoms with Crippen LogP contribution in [0.5, 0.6) is 5.75 Å². The first kappa shape index (κ1) is 31.0. The Balaban J connectivity index is 1.20. The number of hydrogen-bond acceptors (Lipinski definition) is 7. The second-order valence-electron chi connectivity index (χ2n) is 12.2. The minimum atomic E-state index is -1.32. The molecule has 1 aromatic heterocycles. The summed E-state index contributed by atoms with van der Waals surface area (Å²) < 4.78 is 5.75. The van der Waals surface area contributed by atoms with Crippen molar-refractivity contribution in [2.75, 3.05) is 13.2 Å². The third kappa shape index (κ3) is 7.67. The van der Waals surface area contributed by atoms with Crippen molar-refractivity contribution in [1.29, 1.82) is 5.41 Å². The predicted molar refractivity (Wildman–Crippen MR) is 159 cm³/mol. The number of amidine groups is 1. The van der Waals surface area contributed by atoms with Crippen LogP contribution in [0.1, 0.15) is 69.4 Å². The van der Waals surface area contributed by atoms with Gasteiger partial charge < -0.3 is 25.4 Å². The van der Waals surface area contributed by atoms with E-state index in [-0.39, 0.29) is 59.9 Å². The lowest BCUT2D eigenvalue weighted by Crippen LogP contribution is -2.50. The Morgan fingerprint density at radius 3 is 2.52 bits per heavy atom. The van der Waals surface area contributed by atoms with Crippen LogP contribution >= 0.6 is 11.3 Å². The highest BCUT2D eigenvalue weighted by atomic mass is 32.1. The van der Waals surface area contributed by atoms with Crippen LogP contribution in [0.2, 0.25) is 0 Å². The molecular formula is C30H39N5O6S. The molecule has 11 nitrogen and oxygen atoms in total. The Morgan fingerprint density at radius 1 is 1.14 bits per heavy atom. The molecule has 2 aliphatic rings. The first-order valence-electron chi connectivity index (χ1n) is 14.0. The lowest BCUT2D eigenvalue weighted by molar-refractivity contribution is -0.140. The van der Waals surface area contributed by atoms with Crippen molar-refractivity contribution in [3.63, 3.8) is 0 Å². The molecular weight excluding hydrogens is 558 g/mol. The normalized spacial score (nSPS) is 20.8. The predicted octanol–water partition coefficient (Wildman–Crippen LogP) is 3.61. The van der Waals surface area contributed by atoms with Crippen LogP contribution in [0.25, 0.3) is 0 Å². The van der Waals surface area contributed by atoms with E-state index in [4.69, 9.17) is 15.3 Å². The molecule has 2 heterocycles. The lowest BCUT2D eigenvalue weighted by Gasteiger charge is -2.27. The molecule has 0 unspecified atom stereocenters. The summed E-state index contributed by atoms with van der Waals surface area (Å²) in [6.07, 6.45) is 0.799. The van der Waals surface area contributed by atoms with Crippen molar-refractivity contribution in [3.8, 4) is 5.75 Å². The summed E-state index contributed by atoms with van der Waals surface area (Å²) in [6.45, 7) is 8.92. The molecule has 2 fully saturated rings. The molecule has 1 aliphatic carbocycles. The summed E-state index contributed by atoms with van der Waals surface area (Å²) in [7, 11) is 0. The number of carbonyl (C=O) groups is 4. The number of carbonyl (C=O) groups excluding carboxylic acids is 3.